The lowest BCUT2D eigenvalue weighted by molar-refractivity contribution is 0.464. The second kappa shape index (κ2) is 9.79. The lowest BCUT2D eigenvalue weighted by Gasteiger charge is -2.23. The van der Waals surface area contributed by atoms with Gasteiger partial charge in [0.2, 0.25) is 10.0 Å². The van der Waals surface area contributed by atoms with Crippen molar-refractivity contribution in [3.05, 3.63) is 85.9 Å². The van der Waals surface area contributed by atoms with Gasteiger partial charge in [-0.1, -0.05) is 34.1 Å². The van der Waals surface area contributed by atoms with E-state index >= 15 is 0 Å². The number of hydrogen-bond acceptors (Lipinski definition) is 8. The van der Waals surface area contributed by atoms with Crippen LogP contribution in [0.1, 0.15) is 11.1 Å². The fourth-order valence-electron chi connectivity index (χ4n) is 3.88. The van der Waals surface area contributed by atoms with Crippen molar-refractivity contribution in [2.75, 3.05) is 16.3 Å². The molecule has 0 fully saturated rings. The number of nitrogens with one attached hydrogen (secondary N) is 2. The molecule has 11 nitrogen and oxygen atoms in total. The van der Waals surface area contributed by atoms with E-state index in [0.29, 0.717) is 4.88 Å². The number of thiophene rings is 1. The first-order chi connectivity index (χ1) is 17.9. The van der Waals surface area contributed by atoms with Crippen LogP contribution in [0.15, 0.2) is 74.0 Å². The van der Waals surface area contributed by atoms with Crippen LogP contribution in [0.2, 0.25) is 0 Å². The summed E-state index contributed by atoms with van der Waals surface area (Å²) in [4.78, 5) is 25.0. The number of aromatic hydroxyl groups is 1. The van der Waals surface area contributed by atoms with Gasteiger partial charge in [-0.15, -0.1) is 11.3 Å². The molecule has 0 bridgehead atoms. The predicted molar refractivity (Wildman–Crippen MR) is 151 cm³/mol. The van der Waals surface area contributed by atoms with Crippen molar-refractivity contribution in [3.63, 3.8) is 0 Å². The summed E-state index contributed by atoms with van der Waals surface area (Å²) in [6.45, 7) is 0.0606. The van der Waals surface area contributed by atoms with E-state index in [0.717, 1.165) is 21.0 Å². The lowest BCUT2D eigenvalue weighted by atomic mass is 10.1. The first kappa shape index (κ1) is 26.3. The zero-order valence-corrected chi connectivity index (χ0v) is 23.6. The molecule has 2 aromatic heterocycles. The Balaban J connectivity index is 1.66. The highest BCUT2D eigenvalue weighted by Crippen LogP contribution is 2.47. The molecule has 0 amide bonds. The molecule has 0 saturated carbocycles. The van der Waals surface area contributed by atoms with Crippen LogP contribution in [0.3, 0.4) is 0 Å². The van der Waals surface area contributed by atoms with E-state index in [4.69, 9.17) is 0 Å². The van der Waals surface area contributed by atoms with Gasteiger partial charge in [0, 0.05) is 10.2 Å². The fraction of sp³-hybridized carbons (Fsp3) is 0.0870. The second-order valence-corrected chi connectivity index (χ2v) is 13.7. The normalized spacial score (nSPS) is 16.9. The van der Waals surface area contributed by atoms with Gasteiger partial charge in [-0.3, -0.25) is 14.1 Å². The molecule has 3 heterocycles. The van der Waals surface area contributed by atoms with Gasteiger partial charge in [0.05, 0.1) is 28.7 Å². The number of aromatic nitrogens is 2. The van der Waals surface area contributed by atoms with Gasteiger partial charge in [0.1, 0.15) is 11.3 Å². The summed E-state index contributed by atoms with van der Waals surface area (Å²) in [6.07, 6.45) is 0.954. The summed E-state index contributed by atoms with van der Waals surface area (Å²) in [5.74, 6) is -0.800. The number of sulfonamides is 1. The first-order valence-electron chi connectivity index (χ1n) is 10.9. The second-order valence-electron chi connectivity index (χ2n) is 8.37. The summed E-state index contributed by atoms with van der Waals surface area (Å²) < 4.78 is 44.6. The van der Waals surface area contributed by atoms with Crippen molar-refractivity contribution in [1.82, 2.24) is 9.78 Å². The number of rotatable bonds is 6. The van der Waals surface area contributed by atoms with E-state index < -0.39 is 28.9 Å². The summed E-state index contributed by atoms with van der Waals surface area (Å²) in [7, 11) is -8.12. The Morgan fingerprint density at radius 1 is 1.18 bits per heavy atom. The van der Waals surface area contributed by atoms with Crippen molar-refractivity contribution < 1.29 is 23.0 Å². The number of nitrogens with zero attached hydrogens (tertiary/aromatic N) is 3. The van der Waals surface area contributed by atoms with Crippen LogP contribution < -0.4 is 20.9 Å². The first-order valence-corrected chi connectivity index (χ1v) is 16.0. The molecule has 1 unspecified atom stereocenters. The Morgan fingerprint density at radius 2 is 1.97 bits per heavy atom. The maximum atomic E-state index is 13.6. The largest absolute Gasteiger partial charge is 0.505 e. The highest BCUT2D eigenvalue weighted by molar-refractivity contribution is 9.10. The zero-order valence-electron chi connectivity index (χ0n) is 19.5. The minimum absolute atomic E-state index is 0.0606. The van der Waals surface area contributed by atoms with Crippen LogP contribution in [-0.2, 0) is 21.1 Å². The summed E-state index contributed by atoms with van der Waals surface area (Å²) >= 11 is 4.70. The maximum Gasteiger partial charge on any atom is 0.346 e. The molecule has 2 aromatic carbocycles. The van der Waals surface area contributed by atoms with Crippen LogP contribution in [-0.4, -0.2) is 40.3 Å². The van der Waals surface area contributed by atoms with Crippen molar-refractivity contribution in [2.45, 2.75) is 6.54 Å². The average molecular weight is 636 g/mol. The molecular formula is C23H19BrN5O6PS2. The third-order valence-electron chi connectivity index (χ3n) is 5.45. The van der Waals surface area contributed by atoms with E-state index in [2.05, 4.69) is 35.8 Å². The summed E-state index contributed by atoms with van der Waals surface area (Å²) in [5.41, 5.74) is 0.0195. The lowest BCUT2D eigenvalue weighted by Crippen LogP contribution is -2.34. The van der Waals surface area contributed by atoms with Crippen LogP contribution in [0.4, 0.5) is 11.4 Å². The van der Waals surface area contributed by atoms with Crippen LogP contribution in [0.25, 0.3) is 10.6 Å². The number of hydrogen-bond donors (Lipinski definition) is 4. The van der Waals surface area contributed by atoms with E-state index in [1.165, 1.54) is 29.5 Å². The number of halogens is 1. The minimum Gasteiger partial charge on any atom is -0.505 e. The Kier molecular flexibility index (Phi) is 6.78. The number of benzene rings is 2. The smallest absolute Gasteiger partial charge is 0.346 e. The molecule has 196 valence electrons. The zero-order chi connectivity index (χ0) is 27.2. The fourth-order valence-corrected chi connectivity index (χ4v) is 6.87. The van der Waals surface area contributed by atoms with Crippen molar-refractivity contribution in [2.24, 2.45) is 4.76 Å². The molecule has 15 heteroatoms. The highest BCUT2D eigenvalue weighted by Gasteiger charge is 2.34. The van der Waals surface area contributed by atoms with Gasteiger partial charge in [-0.2, -0.15) is 9.86 Å². The van der Waals surface area contributed by atoms with Crippen LogP contribution in [0.5, 0.6) is 5.75 Å². The minimum atomic E-state index is -4.49. The van der Waals surface area contributed by atoms with Gasteiger partial charge in [-0.25, -0.2) is 13.1 Å². The van der Waals surface area contributed by atoms with E-state index in [9.17, 15) is 27.8 Å². The third kappa shape index (κ3) is 5.31. The SMILES string of the molecule is CS(=O)(=O)Nc1ccc2c(c1)P(=O)(O)N=C(c1c(O)c(-c3cccs3)nn(Cc3cccc(Br)c3)c1=O)N2. The van der Waals surface area contributed by atoms with E-state index in [1.54, 1.807) is 17.5 Å². The van der Waals surface area contributed by atoms with Crippen molar-refractivity contribution >= 4 is 67.3 Å². The Morgan fingerprint density at radius 3 is 2.66 bits per heavy atom. The Bertz CT molecular complexity index is 1820. The monoisotopic (exact) mass is 635 g/mol. The topological polar surface area (TPSA) is 163 Å². The van der Waals surface area contributed by atoms with Crippen molar-refractivity contribution in [3.8, 4) is 16.3 Å². The van der Waals surface area contributed by atoms with E-state index in [1.807, 2.05) is 24.3 Å². The summed E-state index contributed by atoms with van der Waals surface area (Å²) in [6, 6.07) is 14.7. The van der Waals surface area contributed by atoms with Gasteiger partial charge >= 0.3 is 7.52 Å². The molecule has 4 N–H and O–H groups in total. The van der Waals surface area contributed by atoms with Gasteiger partial charge in [-0.05, 0) is 47.3 Å². The molecule has 0 aliphatic carbocycles. The maximum absolute atomic E-state index is 13.6. The molecule has 5 rings (SSSR count). The standard InChI is InChI=1S/C23H19BrN5O6PS2/c1-38(34,35)28-15-7-8-16-17(11-15)36(32,33)27-22(25-16)19-21(30)20(18-6-3-9-37-18)26-29(23(19)31)12-13-4-2-5-14(24)10-13/h2-11,28,30H,12H2,1H3,(H2,25,27,32,33). The van der Waals surface area contributed by atoms with Gasteiger partial charge in [0.15, 0.2) is 11.6 Å². The number of amidine groups is 1. The van der Waals surface area contributed by atoms with Crippen LogP contribution in [0, 0.1) is 0 Å². The molecule has 0 radical (unpaired) electrons. The third-order valence-corrected chi connectivity index (χ3v) is 8.89. The van der Waals surface area contributed by atoms with E-state index in [-0.39, 0.29) is 40.3 Å². The molecule has 0 saturated heterocycles. The van der Waals surface area contributed by atoms with Gasteiger partial charge < -0.3 is 15.3 Å². The van der Waals surface area contributed by atoms with Crippen molar-refractivity contribution in [1.29, 1.82) is 0 Å². The molecule has 0 spiro atoms. The Hall–Kier alpha value is -3.29. The summed E-state index contributed by atoms with van der Waals surface area (Å²) in [5, 5.41) is 20.0. The molecule has 1 atom stereocenters. The van der Waals surface area contributed by atoms with Crippen LogP contribution >= 0.6 is 34.8 Å². The highest BCUT2D eigenvalue weighted by atomic mass is 79.9. The Labute approximate surface area is 229 Å². The molecule has 1 aliphatic heterocycles. The predicted octanol–water partition coefficient (Wildman–Crippen LogP) is 3.54. The molecule has 4 aromatic rings. The molecule has 38 heavy (non-hydrogen) atoms. The average Bonchev–Trinajstić information content (AvgIpc) is 3.35. The van der Waals surface area contributed by atoms with Gasteiger partial charge in [0.25, 0.3) is 5.56 Å². The number of anilines is 2. The molecular weight excluding hydrogens is 617 g/mol. The number of fused-ring (bicyclic) bond motifs is 1. The molecule has 1 aliphatic rings. The quantitative estimate of drug-likeness (QED) is 0.234.